The monoisotopic (exact) mass is 300 g/mol. The third-order valence-corrected chi connectivity index (χ3v) is 4.35. The van der Waals surface area contributed by atoms with Crippen LogP contribution in [0.5, 0.6) is 11.5 Å². The summed E-state index contributed by atoms with van der Waals surface area (Å²) in [5.74, 6) is 3.82. The van der Waals surface area contributed by atoms with Crippen LogP contribution in [0.2, 0.25) is 0 Å². The van der Waals surface area contributed by atoms with Gasteiger partial charge in [-0.1, -0.05) is 12.1 Å². The van der Waals surface area contributed by atoms with Crippen LogP contribution in [-0.2, 0) is 19.5 Å². The number of aromatic nitrogens is 3. The molecule has 0 unspecified atom stereocenters. The van der Waals surface area contributed by atoms with Gasteiger partial charge in [-0.25, -0.2) is 0 Å². The van der Waals surface area contributed by atoms with Crippen molar-refractivity contribution in [1.82, 2.24) is 20.1 Å². The van der Waals surface area contributed by atoms with Gasteiger partial charge in [0.05, 0.1) is 6.04 Å². The maximum Gasteiger partial charge on any atom is 0.231 e. The van der Waals surface area contributed by atoms with Crippen molar-refractivity contribution in [3.8, 4) is 11.5 Å². The summed E-state index contributed by atoms with van der Waals surface area (Å²) in [6, 6.07) is 6.14. The molecule has 1 atom stereocenters. The molecular weight excluding hydrogens is 280 g/mol. The van der Waals surface area contributed by atoms with E-state index in [4.69, 9.17) is 9.47 Å². The first kappa shape index (κ1) is 13.6. The van der Waals surface area contributed by atoms with Gasteiger partial charge in [-0.3, -0.25) is 0 Å². The van der Waals surface area contributed by atoms with E-state index in [2.05, 4.69) is 33.1 Å². The number of benzene rings is 1. The quantitative estimate of drug-likeness (QED) is 0.938. The predicted molar refractivity (Wildman–Crippen MR) is 80.8 cm³/mol. The summed E-state index contributed by atoms with van der Waals surface area (Å²) in [7, 11) is 0. The molecule has 116 valence electrons. The van der Waals surface area contributed by atoms with E-state index in [9.17, 15) is 0 Å². The van der Waals surface area contributed by atoms with Crippen LogP contribution in [0.15, 0.2) is 18.2 Å². The topological polar surface area (TPSA) is 61.2 Å². The largest absolute Gasteiger partial charge is 0.454 e. The Labute approximate surface area is 129 Å². The van der Waals surface area contributed by atoms with E-state index >= 15 is 0 Å². The van der Waals surface area contributed by atoms with Crippen molar-refractivity contribution in [2.24, 2.45) is 0 Å². The number of aryl methyl sites for hydroxylation is 1. The predicted octanol–water partition coefficient (Wildman–Crippen LogP) is 2.19. The number of nitrogens with zero attached hydrogens (tertiary/aromatic N) is 3. The molecule has 0 spiro atoms. The number of ether oxygens (including phenoxy) is 2. The van der Waals surface area contributed by atoms with Crippen LogP contribution in [0, 0.1) is 0 Å². The average molecular weight is 300 g/mol. The summed E-state index contributed by atoms with van der Waals surface area (Å²) in [6.45, 7) is 4.18. The summed E-state index contributed by atoms with van der Waals surface area (Å²) >= 11 is 0. The lowest BCUT2D eigenvalue weighted by Gasteiger charge is -2.19. The van der Waals surface area contributed by atoms with Gasteiger partial charge in [-0.05, 0) is 25.8 Å². The molecule has 6 nitrogen and oxygen atoms in total. The number of nitrogens with one attached hydrogen (secondary N) is 1. The Kier molecular flexibility index (Phi) is 3.46. The van der Waals surface area contributed by atoms with Crippen molar-refractivity contribution >= 4 is 0 Å². The first-order valence-corrected chi connectivity index (χ1v) is 7.86. The molecule has 1 aromatic heterocycles. The second-order valence-corrected chi connectivity index (χ2v) is 5.84. The van der Waals surface area contributed by atoms with Gasteiger partial charge >= 0.3 is 0 Å². The fraction of sp³-hybridized carbons (Fsp3) is 0.500. The first-order chi connectivity index (χ1) is 10.8. The molecule has 3 heterocycles. The zero-order valence-corrected chi connectivity index (χ0v) is 12.7. The van der Waals surface area contributed by atoms with E-state index in [1.54, 1.807) is 0 Å². The lowest BCUT2D eigenvalue weighted by molar-refractivity contribution is 0.173. The third-order valence-electron chi connectivity index (χ3n) is 4.35. The van der Waals surface area contributed by atoms with Gasteiger partial charge in [-0.15, -0.1) is 10.2 Å². The minimum absolute atomic E-state index is 0.150. The van der Waals surface area contributed by atoms with Crippen molar-refractivity contribution in [3.63, 3.8) is 0 Å². The fourth-order valence-electron chi connectivity index (χ4n) is 3.14. The Bertz CT molecular complexity index is 683. The zero-order valence-electron chi connectivity index (χ0n) is 12.7. The maximum absolute atomic E-state index is 5.55. The molecule has 0 fully saturated rings. The molecule has 0 saturated heterocycles. The maximum atomic E-state index is 5.55. The van der Waals surface area contributed by atoms with E-state index in [-0.39, 0.29) is 6.04 Å². The molecule has 0 bridgehead atoms. The Morgan fingerprint density at radius 1 is 1.27 bits per heavy atom. The fourth-order valence-corrected chi connectivity index (χ4v) is 3.14. The number of rotatable bonds is 4. The van der Waals surface area contributed by atoms with Gasteiger partial charge in [0, 0.05) is 25.1 Å². The molecule has 0 saturated carbocycles. The minimum atomic E-state index is 0.150. The van der Waals surface area contributed by atoms with Gasteiger partial charge in [0.25, 0.3) is 0 Å². The number of fused-ring (bicyclic) bond motifs is 2. The standard InChI is InChI=1S/C16H20N4O2/c1-11(16-19-18-14-7-2-3-8-20(14)16)17-9-12-5-4-6-13-15(12)22-10-21-13/h4-6,11,17H,2-3,7-10H2,1H3/t11-/m0/s1. The third kappa shape index (κ3) is 2.33. The van der Waals surface area contributed by atoms with Crippen LogP contribution in [0.1, 0.15) is 43.0 Å². The zero-order chi connectivity index (χ0) is 14.9. The summed E-state index contributed by atoms with van der Waals surface area (Å²) < 4.78 is 13.2. The molecule has 6 heteroatoms. The Morgan fingerprint density at radius 2 is 2.23 bits per heavy atom. The Hall–Kier alpha value is -2.08. The Balaban J connectivity index is 1.48. The second kappa shape index (κ2) is 5.61. The van der Waals surface area contributed by atoms with E-state index < -0.39 is 0 Å². The van der Waals surface area contributed by atoms with Gasteiger partial charge < -0.3 is 19.4 Å². The molecule has 1 aromatic carbocycles. The highest BCUT2D eigenvalue weighted by Crippen LogP contribution is 2.35. The number of hydrogen-bond donors (Lipinski definition) is 1. The number of para-hydroxylation sites is 1. The van der Waals surface area contributed by atoms with Crippen molar-refractivity contribution in [3.05, 3.63) is 35.4 Å². The minimum Gasteiger partial charge on any atom is -0.454 e. The molecule has 2 aromatic rings. The highest BCUT2D eigenvalue weighted by atomic mass is 16.7. The molecule has 0 amide bonds. The lowest BCUT2D eigenvalue weighted by Crippen LogP contribution is -2.23. The van der Waals surface area contributed by atoms with Gasteiger partial charge in [0.15, 0.2) is 11.5 Å². The molecule has 2 aliphatic rings. The molecule has 2 aliphatic heterocycles. The summed E-state index contributed by atoms with van der Waals surface area (Å²) in [5.41, 5.74) is 1.11. The summed E-state index contributed by atoms with van der Waals surface area (Å²) in [5, 5.41) is 12.2. The van der Waals surface area contributed by atoms with E-state index in [0.717, 1.165) is 48.2 Å². The SMILES string of the molecule is C[C@H](NCc1cccc2c1OCO2)c1nnc2n1CCCC2. The van der Waals surface area contributed by atoms with Crippen LogP contribution >= 0.6 is 0 Å². The van der Waals surface area contributed by atoms with Gasteiger partial charge in [0.1, 0.15) is 11.6 Å². The van der Waals surface area contributed by atoms with Crippen LogP contribution in [-0.4, -0.2) is 21.6 Å². The number of hydrogen-bond acceptors (Lipinski definition) is 5. The van der Waals surface area contributed by atoms with Crippen LogP contribution in [0.4, 0.5) is 0 Å². The van der Waals surface area contributed by atoms with E-state index in [1.165, 1.54) is 12.8 Å². The average Bonchev–Trinajstić information content (AvgIpc) is 3.19. The molecular formula is C16H20N4O2. The van der Waals surface area contributed by atoms with Crippen molar-refractivity contribution < 1.29 is 9.47 Å². The molecule has 4 rings (SSSR count). The first-order valence-electron chi connectivity index (χ1n) is 7.86. The van der Waals surface area contributed by atoms with E-state index in [1.807, 2.05) is 12.1 Å². The van der Waals surface area contributed by atoms with Crippen molar-refractivity contribution in [2.75, 3.05) is 6.79 Å². The summed E-state index contributed by atoms with van der Waals surface area (Å²) in [4.78, 5) is 0. The smallest absolute Gasteiger partial charge is 0.231 e. The second-order valence-electron chi connectivity index (χ2n) is 5.84. The van der Waals surface area contributed by atoms with Crippen molar-refractivity contribution in [1.29, 1.82) is 0 Å². The molecule has 22 heavy (non-hydrogen) atoms. The van der Waals surface area contributed by atoms with E-state index in [0.29, 0.717) is 6.79 Å². The van der Waals surface area contributed by atoms with Crippen LogP contribution in [0.25, 0.3) is 0 Å². The lowest BCUT2D eigenvalue weighted by atomic mass is 10.1. The van der Waals surface area contributed by atoms with Crippen molar-refractivity contribution in [2.45, 2.75) is 45.3 Å². The molecule has 0 radical (unpaired) electrons. The highest BCUT2D eigenvalue weighted by Gasteiger charge is 2.21. The normalized spacial score (nSPS) is 17.3. The summed E-state index contributed by atoms with van der Waals surface area (Å²) in [6.07, 6.45) is 3.46. The van der Waals surface area contributed by atoms with Crippen LogP contribution < -0.4 is 14.8 Å². The molecule has 1 N–H and O–H groups in total. The van der Waals surface area contributed by atoms with Gasteiger partial charge in [-0.2, -0.15) is 0 Å². The van der Waals surface area contributed by atoms with Crippen LogP contribution in [0.3, 0.4) is 0 Å². The Morgan fingerprint density at radius 3 is 3.18 bits per heavy atom. The highest BCUT2D eigenvalue weighted by molar-refractivity contribution is 5.48. The molecule has 0 aliphatic carbocycles. The van der Waals surface area contributed by atoms with Gasteiger partial charge in [0.2, 0.25) is 6.79 Å².